The van der Waals surface area contributed by atoms with E-state index in [0.717, 1.165) is 6.07 Å². The maximum absolute atomic E-state index is 12.6. The van der Waals surface area contributed by atoms with Gasteiger partial charge in [0.25, 0.3) is 0 Å². The van der Waals surface area contributed by atoms with Crippen molar-refractivity contribution in [1.29, 1.82) is 0 Å². The van der Waals surface area contributed by atoms with Crippen LogP contribution in [-0.4, -0.2) is 30.2 Å². The zero-order chi connectivity index (χ0) is 14.9. The van der Waals surface area contributed by atoms with Gasteiger partial charge in [-0.15, -0.1) is 0 Å². The highest BCUT2D eigenvalue weighted by Crippen LogP contribution is 2.33. The van der Waals surface area contributed by atoms with Crippen LogP contribution >= 0.6 is 0 Å². The summed E-state index contributed by atoms with van der Waals surface area (Å²) in [6, 6.07) is 2.89. The molecule has 0 radical (unpaired) electrons. The number of benzene rings is 1. The lowest BCUT2D eigenvalue weighted by Crippen LogP contribution is -2.40. The Morgan fingerprint density at radius 3 is 2.40 bits per heavy atom. The molecule has 3 N–H and O–H groups in total. The van der Waals surface area contributed by atoms with Crippen LogP contribution in [0.5, 0.6) is 0 Å². The predicted molar refractivity (Wildman–Crippen MR) is 67.8 cm³/mol. The molecule has 4 nitrogen and oxygen atoms in total. The van der Waals surface area contributed by atoms with E-state index in [-0.39, 0.29) is 11.6 Å². The molecule has 0 amide bonds. The van der Waals surface area contributed by atoms with E-state index in [2.05, 4.69) is 0 Å². The summed E-state index contributed by atoms with van der Waals surface area (Å²) in [6.45, 7) is 1.10. The third kappa shape index (κ3) is 3.04. The molecule has 1 fully saturated rings. The van der Waals surface area contributed by atoms with Crippen LogP contribution in [0.25, 0.3) is 0 Å². The van der Waals surface area contributed by atoms with Gasteiger partial charge in [0.05, 0.1) is 16.8 Å². The first-order valence-corrected chi connectivity index (χ1v) is 6.24. The quantitative estimate of drug-likeness (QED) is 0.876. The average molecular weight is 288 g/mol. The Bertz CT molecular complexity index is 509. The largest absolute Gasteiger partial charge is 0.478 e. The second-order valence-corrected chi connectivity index (χ2v) is 4.86. The van der Waals surface area contributed by atoms with E-state index < -0.39 is 17.7 Å². The first-order valence-electron chi connectivity index (χ1n) is 6.24. The summed E-state index contributed by atoms with van der Waals surface area (Å²) in [4.78, 5) is 13.0. The Morgan fingerprint density at radius 1 is 1.30 bits per heavy atom. The van der Waals surface area contributed by atoms with Gasteiger partial charge in [0.2, 0.25) is 0 Å². The molecule has 0 spiro atoms. The lowest BCUT2D eigenvalue weighted by molar-refractivity contribution is -0.137. The van der Waals surface area contributed by atoms with Crippen LogP contribution in [0, 0.1) is 0 Å². The third-order valence-electron chi connectivity index (χ3n) is 3.43. The molecule has 7 heteroatoms. The van der Waals surface area contributed by atoms with Crippen molar-refractivity contribution in [3.8, 4) is 0 Å². The van der Waals surface area contributed by atoms with Gasteiger partial charge in [-0.25, -0.2) is 4.79 Å². The molecule has 0 aromatic heterocycles. The fraction of sp³-hybridized carbons (Fsp3) is 0.462. The molecule has 0 bridgehead atoms. The maximum atomic E-state index is 12.6. The van der Waals surface area contributed by atoms with Crippen LogP contribution in [0.1, 0.15) is 28.8 Å². The number of nitrogens with zero attached hydrogens (tertiary/aromatic N) is 1. The second kappa shape index (κ2) is 5.32. The van der Waals surface area contributed by atoms with Gasteiger partial charge in [0.1, 0.15) is 0 Å². The van der Waals surface area contributed by atoms with Crippen molar-refractivity contribution in [2.45, 2.75) is 25.1 Å². The van der Waals surface area contributed by atoms with E-state index >= 15 is 0 Å². The highest BCUT2D eigenvalue weighted by molar-refractivity contribution is 5.94. The number of anilines is 1. The topological polar surface area (TPSA) is 66.6 Å². The minimum Gasteiger partial charge on any atom is -0.478 e. The highest BCUT2D eigenvalue weighted by atomic mass is 19.4. The molecule has 1 aromatic rings. The standard InChI is InChI=1S/C13H15F3N2O2/c14-13(15,16)8-1-2-11(10(7-8)12(19)20)18-5-3-9(17)4-6-18/h1-2,7,9H,3-6,17H2,(H,19,20). The maximum Gasteiger partial charge on any atom is 0.416 e. The van der Waals surface area contributed by atoms with Gasteiger partial charge in [-0.2, -0.15) is 13.2 Å². The van der Waals surface area contributed by atoms with Crippen molar-refractivity contribution in [3.05, 3.63) is 29.3 Å². The van der Waals surface area contributed by atoms with Crippen LogP contribution in [0.3, 0.4) is 0 Å². The zero-order valence-electron chi connectivity index (χ0n) is 10.7. The molecule has 1 aliphatic heterocycles. The van der Waals surface area contributed by atoms with E-state index in [0.29, 0.717) is 37.7 Å². The van der Waals surface area contributed by atoms with Crippen LogP contribution in [0.15, 0.2) is 18.2 Å². The number of rotatable bonds is 2. The Morgan fingerprint density at radius 2 is 1.90 bits per heavy atom. The van der Waals surface area contributed by atoms with Crippen LogP contribution < -0.4 is 10.6 Å². The van der Waals surface area contributed by atoms with Gasteiger partial charge >= 0.3 is 12.1 Å². The van der Waals surface area contributed by atoms with Gasteiger partial charge in [-0.1, -0.05) is 0 Å². The number of alkyl halides is 3. The summed E-state index contributed by atoms with van der Waals surface area (Å²) >= 11 is 0. The van der Waals surface area contributed by atoms with E-state index in [1.807, 2.05) is 0 Å². The van der Waals surface area contributed by atoms with Crippen molar-refractivity contribution in [2.75, 3.05) is 18.0 Å². The number of carboxylic acids is 1. The van der Waals surface area contributed by atoms with E-state index in [4.69, 9.17) is 10.8 Å². The number of aromatic carboxylic acids is 1. The van der Waals surface area contributed by atoms with Gasteiger partial charge in [0, 0.05) is 19.1 Å². The normalized spacial score (nSPS) is 17.3. The molecule has 1 aliphatic rings. The number of carbonyl (C=O) groups is 1. The minimum atomic E-state index is -4.55. The molecular formula is C13H15F3N2O2. The van der Waals surface area contributed by atoms with Crippen molar-refractivity contribution in [2.24, 2.45) is 5.73 Å². The molecule has 2 rings (SSSR count). The van der Waals surface area contributed by atoms with Gasteiger partial charge < -0.3 is 15.7 Å². The number of nitrogens with two attached hydrogens (primary N) is 1. The second-order valence-electron chi connectivity index (χ2n) is 4.86. The van der Waals surface area contributed by atoms with Crippen molar-refractivity contribution in [1.82, 2.24) is 0 Å². The number of piperidine rings is 1. The molecule has 0 aliphatic carbocycles. The van der Waals surface area contributed by atoms with E-state index in [9.17, 15) is 18.0 Å². The van der Waals surface area contributed by atoms with Crippen molar-refractivity contribution in [3.63, 3.8) is 0 Å². The predicted octanol–water partition coefficient (Wildman–Crippen LogP) is 2.33. The molecule has 1 aromatic carbocycles. The molecular weight excluding hydrogens is 273 g/mol. The monoisotopic (exact) mass is 288 g/mol. The molecule has 0 unspecified atom stereocenters. The summed E-state index contributed by atoms with van der Waals surface area (Å²) in [5.74, 6) is -1.36. The molecule has 0 atom stereocenters. The SMILES string of the molecule is NC1CCN(c2ccc(C(F)(F)F)cc2C(=O)O)CC1. The number of hydrogen-bond acceptors (Lipinski definition) is 3. The average Bonchev–Trinajstić information content (AvgIpc) is 2.38. The van der Waals surface area contributed by atoms with Gasteiger partial charge in [-0.05, 0) is 31.0 Å². The summed E-state index contributed by atoms with van der Waals surface area (Å²) in [5, 5.41) is 9.12. The highest BCUT2D eigenvalue weighted by Gasteiger charge is 2.32. The van der Waals surface area contributed by atoms with Gasteiger partial charge in [0.15, 0.2) is 0 Å². The lowest BCUT2D eigenvalue weighted by atomic mass is 10.0. The van der Waals surface area contributed by atoms with Crippen molar-refractivity contribution < 1.29 is 23.1 Å². The van der Waals surface area contributed by atoms with Gasteiger partial charge in [-0.3, -0.25) is 0 Å². The summed E-state index contributed by atoms with van der Waals surface area (Å²) in [5.41, 5.74) is 4.80. The summed E-state index contributed by atoms with van der Waals surface area (Å²) < 4.78 is 37.9. The van der Waals surface area contributed by atoms with E-state index in [1.165, 1.54) is 6.07 Å². The third-order valence-corrected chi connectivity index (χ3v) is 3.43. The first-order chi connectivity index (χ1) is 9.29. The summed E-state index contributed by atoms with van der Waals surface area (Å²) in [6.07, 6.45) is -3.16. The molecule has 1 saturated heterocycles. The molecule has 20 heavy (non-hydrogen) atoms. The molecule has 1 heterocycles. The molecule has 0 saturated carbocycles. The smallest absolute Gasteiger partial charge is 0.416 e. The zero-order valence-corrected chi connectivity index (χ0v) is 10.7. The van der Waals surface area contributed by atoms with E-state index in [1.54, 1.807) is 4.90 Å². The Kier molecular flexibility index (Phi) is 3.89. The summed E-state index contributed by atoms with van der Waals surface area (Å²) in [7, 11) is 0. The minimum absolute atomic E-state index is 0.0639. The Labute approximate surface area is 114 Å². The van der Waals surface area contributed by atoms with Crippen LogP contribution in [0.4, 0.5) is 18.9 Å². The Hall–Kier alpha value is -1.76. The first kappa shape index (κ1) is 14.6. The Balaban J connectivity index is 2.36. The fourth-order valence-electron chi connectivity index (χ4n) is 2.30. The number of halogens is 3. The van der Waals surface area contributed by atoms with Crippen LogP contribution in [-0.2, 0) is 6.18 Å². The number of carboxylic acid groups (broad SMARTS) is 1. The van der Waals surface area contributed by atoms with Crippen LogP contribution in [0.2, 0.25) is 0 Å². The lowest BCUT2D eigenvalue weighted by Gasteiger charge is -2.33. The molecule has 110 valence electrons. The fourth-order valence-corrected chi connectivity index (χ4v) is 2.30. The number of hydrogen-bond donors (Lipinski definition) is 2. The van der Waals surface area contributed by atoms with Crippen molar-refractivity contribution >= 4 is 11.7 Å².